The van der Waals surface area contributed by atoms with Crippen LogP contribution < -0.4 is 4.72 Å². The maximum absolute atomic E-state index is 13.0. The van der Waals surface area contributed by atoms with E-state index in [1.165, 1.54) is 4.90 Å². The third-order valence-electron chi connectivity index (χ3n) is 6.17. The highest BCUT2D eigenvalue weighted by atomic mass is 35.5. The molecule has 0 aliphatic carbocycles. The largest absolute Gasteiger partial charge is 0.481 e. The van der Waals surface area contributed by atoms with Gasteiger partial charge in [0.05, 0.1) is 10.8 Å². The molecule has 3 aromatic carbocycles. The summed E-state index contributed by atoms with van der Waals surface area (Å²) >= 11 is 6.11. The highest BCUT2D eigenvalue weighted by Gasteiger charge is 2.36. The van der Waals surface area contributed by atoms with E-state index in [0.29, 0.717) is 27.4 Å². The molecule has 9 heteroatoms. The average molecular weight is 513 g/mol. The standard InChI is InChI=1S/C26H25ClN2O5S/c1-15-9-19(7-8-22(15)25(30)29-13-20(14-29)26(31)32)18-5-4-6-21(12-18)28-35(33,34)24-11-16(2)23(27)10-17(24)3/h4-12,20,28H,13-14H2,1-3H3,(H,31,32). The van der Waals surface area contributed by atoms with E-state index in [1.807, 2.05) is 19.1 Å². The third-order valence-corrected chi connectivity index (χ3v) is 8.10. The van der Waals surface area contributed by atoms with Crippen molar-refractivity contribution in [3.05, 3.63) is 81.9 Å². The lowest BCUT2D eigenvalue weighted by molar-refractivity contribution is -0.146. The minimum Gasteiger partial charge on any atom is -0.481 e. The molecule has 0 spiro atoms. The first-order valence-corrected chi connectivity index (χ1v) is 12.8. The van der Waals surface area contributed by atoms with Crippen LogP contribution in [0.4, 0.5) is 5.69 Å². The van der Waals surface area contributed by atoms with Gasteiger partial charge >= 0.3 is 5.97 Å². The molecule has 1 heterocycles. The number of anilines is 1. The number of carboxylic acid groups (broad SMARTS) is 1. The molecular formula is C26H25ClN2O5S. The molecule has 0 atom stereocenters. The zero-order chi connectivity index (χ0) is 25.5. The molecule has 182 valence electrons. The van der Waals surface area contributed by atoms with Crippen molar-refractivity contribution in [3.8, 4) is 11.1 Å². The maximum atomic E-state index is 13.0. The fourth-order valence-electron chi connectivity index (χ4n) is 4.07. The Morgan fingerprint density at radius 3 is 2.29 bits per heavy atom. The van der Waals surface area contributed by atoms with Crippen molar-refractivity contribution in [1.29, 1.82) is 0 Å². The lowest BCUT2D eigenvalue weighted by Gasteiger charge is -2.37. The summed E-state index contributed by atoms with van der Waals surface area (Å²) in [4.78, 5) is 25.4. The van der Waals surface area contributed by atoms with E-state index in [4.69, 9.17) is 16.7 Å². The van der Waals surface area contributed by atoms with Crippen molar-refractivity contribution in [2.45, 2.75) is 25.7 Å². The minimum absolute atomic E-state index is 0.166. The summed E-state index contributed by atoms with van der Waals surface area (Å²) in [5.74, 6) is -1.59. The number of sulfonamides is 1. The lowest BCUT2D eigenvalue weighted by Crippen LogP contribution is -2.53. The van der Waals surface area contributed by atoms with Crippen LogP contribution >= 0.6 is 11.6 Å². The van der Waals surface area contributed by atoms with E-state index in [2.05, 4.69) is 4.72 Å². The monoisotopic (exact) mass is 512 g/mol. The molecule has 1 saturated heterocycles. The van der Waals surface area contributed by atoms with Gasteiger partial charge in [-0.15, -0.1) is 0 Å². The molecule has 1 aliphatic heterocycles. The molecular weight excluding hydrogens is 488 g/mol. The number of carboxylic acids is 1. The minimum atomic E-state index is -3.83. The zero-order valence-electron chi connectivity index (χ0n) is 19.5. The van der Waals surface area contributed by atoms with Gasteiger partial charge in [0.25, 0.3) is 15.9 Å². The van der Waals surface area contributed by atoms with E-state index in [-0.39, 0.29) is 23.9 Å². The summed E-state index contributed by atoms with van der Waals surface area (Å²) in [5.41, 5.74) is 4.52. The molecule has 1 aliphatic rings. The third kappa shape index (κ3) is 5.04. The lowest BCUT2D eigenvalue weighted by atomic mass is 9.95. The molecule has 0 bridgehead atoms. The van der Waals surface area contributed by atoms with Crippen LogP contribution in [0.15, 0.2) is 59.5 Å². The Bertz CT molecular complexity index is 1450. The molecule has 0 radical (unpaired) electrons. The predicted octanol–water partition coefficient (Wildman–Crippen LogP) is 4.89. The zero-order valence-corrected chi connectivity index (χ0v) is 21.1. The first kappa shape index (κ1) is 24.8. The van der Waals surface area contributed by atoms with E-state index in [1.54, 1.807) is 56.3 Å². The van der Waals surface area contributed by atoms with Crippen LogP contribution in [0, 0.1) is 26.7 Å². The summed E-state index contributed by atoms with van der Waals surface area (Å²) in [6, 6.07) is 15.6. The highest BCUT2D eigenvalue weighted by Crippen LogP contribution is 2.29. The molecule has 1 fully saturated rings. The Balaban J connectivity index is 1.55. The quantitative estimate of drug-likeness (QED) is 0.489. The highest BCUT2D eigenvalue weighted by molar-refractivity contribution is 7.92. The van der Waals surface area contributed by atoms with E-state index >= 15 is 0 Å². The Kier molecular flexibility index (Phi) is 6.62. The van der Waals surface area contributed by atoms with Crippen LogP contribution in [-0.2, 0) is 14.8 Å². The second-order valence-electron chi connectivity index (χ2n) is 8.83. The van der Waals surface area contributed by atoms with E-state index < -0.39 is 21.9 Å². The molecule has 7 nitrogen and oxygen atoms in total. The molecule has 3 aromatic rings. The molecule has 0 saturated carbocycles. The molecule has 0 aromatic heterocycles. The number of amides is 1. The normalized spacial score (nSPS) is 13.9. The smallest absolute Gasteiger partial charge is 0.310 e. The molecule has 1 amide bonds. The van der Waals surface area contributed by atoms with Gasteiger partial charge in [-0.25, -0.2) is 8.42 Å². The number of carbonyl (C=O) groups is 2. The molecule has 35 heavy (non-hydrogen) atoms. The van der Waals surface area contributed by atoms with Crippen molar-refractivity contribution >= 4 is 39.2 Å². The van der Waals surface area contributed by atoms with Gasteiger partial charge < -0.3 is 10.0 Å². The van der Waals surface area contributed by atoms with Gasteiger partial charge in [0.15, 0.2) is 0 Å². The number of rotatable bonds is 6. The fourth-order valence-corrected chi connectivity index (χ4v) is 5.65. The van der Waals surface area contributed by atoms with Gasteiger partial charge in [-0.2, -0.15) is 0 Å². The molecule has 2 N–H and O–H groups in total. The maximum Gasteiger partial charge on any atom is 0.310 e. The van der Waals surface area contributed by atoms with Crippen molar-refractivity contribution < 1.29 is 23.1 Å². The van der Waals surface area contributed by atoms with Crippen molar-refractivity contribution in [1.82, 2.24) is 4.90 Å². The van der Waals surface area contributed by atoms with Gasteiger partial charge in [0.1, 0.15) is 0 Å². The second kappa shape index (κ2) is 9.36. The Morgan fingerprint density at radius 1 is 0.943 bits per heavy atom. The number of hydrogen-bond acceptors (Lipinski definition) is 4. The summed E-state index contributed by atoms with van der Waals surface area (Å²) < 4.78 is 28.7. The number of aliphatic carboxylic acids is 1. The fraction of sp³-hybridized carbons (Fsp3) is 0.231. The van der Waals surface area contributed by atoms with Crippen LogP contribution in [0.3, 0.4) is 0 Å². The molecule has 4 rings (SSSR count). The van der Waals surface area contributed by atoms with Crippen LogP contribution in [0.25, 0.3) is 11.1 Å². The first-order valence-electron chi connectivity index (χ1n) is 11.0. The van der Waals surface area contributed by atoms with Gasteiger partial charge in [-0.1, -0.05) is 35.9 Å². The number of halogens is 1. The number of likely N-dealkylation sites (tertiary alicyclic amines) is 1. The number of benzene rings is 3. The summed E-state index contributed by atoms with van der Waals surface area (Å²) in [6.07, 6.45) is 0. The SMILES string of the molecule is Cc1cc(S(=O)(=O)Nc2cccc(-c3ccc(C(=O)N4CC(C(=O)O)C4)c(C)c3)c2)c(C)cc1Cl. The summed E-state index contributed by atoms with van der Waals surface area (Å²) in [5, 5.41) is 9.54. The second-order valence-corrected chi connectivity index (χ2v) is 10.9. The Labute approximate surface area is 209 Å². The number of carbonyl (C=O) groups excluding carboxylic acids is 1. The van der Waals surface area contributed by atoms with E-state index in [9.17, 15) is 18.0 Å². The topological polar surface area (TPSA) is 104 Å². The van der Waals surface area contributed by atoms with Crippen LogP contribution in [0.5, 0.6) is 0 Å². The van der Waals surface area contributed by atoms with Gasteiger partial charge in [0, 0.05) is 29.4 Å². The number of aryl methyl sites for hydroxylation is 3. The van der Waals surface area contributed by atoms with Crippen molar-refractivity contribution in [3.63, 3.8) is 0 Å². The Hall–Kier alpha value is -3.36. The van der Waals surface area contributed by atoms with Gasteiger partial charge in [-0.3, -0.25) is 14.3 Å². The Morgan fingerprint density at radius 2 is 1.63 bits per heavy atom. The number of nitrogens with zero attached hydrogens (tertiary/aromatic N) is 1. The van der Waals surface area contributed by atoms with Crippen LogP contribution in [-0.4, -0.2) is 43.4 Å². The van der Waals surface area contributed by atoms with E-state index in [0.717, 1.165) is 16.7 Å². The number of nitrogens with one attached hydrogen (secondary N) is 1. The summed E-state index contributed by atoms with van der Waals surface area (Å²) in [7, 11) is -3.83. The van der Waals surface area contributed by atoms with Crippen molar-refractivity contribution in [2.24, 2.45) is 5.92 Å². The van der Waals surface area contributed by atoms with Crippen molar-refractivity contribution in [2.75, 3.05) is 17.8 Å². The van der Waals surface area contributed by atoms with Gasteiger partial charge in [0.2, 0.25) is 0 Å². The average Bonchev–Trinajstić information content (AvgIpc) is 2.74. The van der Waals surface area contributed by atoms with Gasteiger partial charge in [-0.05, 0) is 78.9 Å². The van der Waals surface area contributed by atoms with Crippen LogP contribution in [0.1, 0.15) is 27.0 Å². The molecule has 0 unspecified atom stereocenters. The van der Waals surface area contributed by atoms with Crippen LogP contribution in [0.2, 0.25) is 5.02 Å². The number of hydrogen-bond donors (Lipinski definition) is 2. The predicted molar refractivity (Wildman–Crippen MR) is 135 cm³/mol. The summed E-state index contributed by atoms with van der Waals surface area (Å²) in [6.45, 7) is 5.70. The first-order chi connectivity index (χ1) is 16.5.